The van der Waals surface area contributed by atoms with Crippen LogP contribution in [0.25, 0.3) is 0 Å². The third-order valence-electron chi connectivity index (χ3n) is 7.70. The Morgan fingerprint density at radius 3 is 2.34 bits per heavy atom. The molecule has 232 valence electrons. The highest BCUT2D eigenvalue weighted by Gasteiger charge is 2.33. The molecule has 3 amide bonds. The van der Waals surface area contributed by atoms with Crippen LogP contribution >= 0.6 is 0 Å². The number of likely N-dealkylation sites (N-methyl/N-ethyl adjacent to an activating group) is 1. The monoisotopic (exact) mass is 604 g/mol. The van der Waals surface area contributed by atoms with E-state index >= 15 is 0 Å². The second-order valence-corrected chi connectivity index (χ2v) is 11.2. The zero-order valence-corrected chi connectivity index (χ0v) is 24.8. The molecule has 0 bridgehead atoms. The Morgan fingerprint density at radius 2 is 1.66 bits per heavy atom. The van der Waals surface area contributed by atoms with E-state index in [1.165, 1.54) is 0 Å². The van der Waals surface area contributed by atoms with E-state index in [0.717, 1.165) is 5.56 Å². The summed E-state index contributed by atoms with van der Waals surface area (Å²) in [6.45, 7) is 5.16. The zero-order chi connectivity index (χ0) is 31.4. The Labute approximate surface area is 255 Å². The normalized spacial score (nSPS) is 18.1. The molecule has 0 unspecified atom stereocenters. The van der Waals surface area contributed by atoms with Gasteiger partial charge in [0.05, 0.1) is 23.8 Å². The summed E-state index contributed by atoms with van der Waals surface area (Å²) in [4.78, 5) is 41.5. The Kier molecular flexibility index (Phi) is 9.21. The number of nitrogens with zero attached hydrogens (tertiary/aromatic N) is 2. The van der Waals surface area contributed by atoms with Gasteiger partial charge in [-0.2, -0.15) is 0 Å². The van der Waals surface area contributed by atoms with Gasteiger partial charge < -0.3 is 40.0 Å². The van der Waals surface area contributed by atoms with Crippen LogP contribution in [0.3, 0.4) is 0 Å². The minimum absolute atomic E-state index is 0.0804. The van der Waals surface area contributed by atoms with Crippen LogP contribution in [0, 0.1) is 5.92 Å². The number of carboxylic acid groups (broad SMARTS) is 1. The highest BCUT2D eigenvalue weighted by atomic mass is 16.7. The number of aromatic carboxylic acids is 1. The number of carboxylic acids is 1. The number of rotatable bonds is 9. The van der Waals surface area contributed by atoms with Crippen molar-refractivity contribution in [2.75, 3.05) is 44.2 Å². The molecule has 3 aromatic rings. The highest BCUT2D eigenvalue weighted by Crippen LogP contribution is 2.34. The molecular weight excluding hydrogens is 568 g/mol. The van der Waals surface area contributed by atoms with E-state index in [9.17, 15) is 24.6 Å². The molecule has 0 aromatic heterocycles. The van der Waals surface area contributed by atoms with Crippen molar-refractivity contribution in [1.29, 1.82) is 0 Å². The largest absolute Gasteiger partial charge is 0.488 e. The van der Waals surface area contributed by atoms with Crippen molar-refractivity contribution in [2.45, 2.75) is 32.5 Å². The van der Waals surface area contributed by atoms with Gasteiger partial charge in [0.1, 0.15) is 11.9 Å². The summed E-state index contributed by atoms with van der Waals surface area (Å²) in [6, 6.07) is 15.8. The van der Waals surface area contributed by atoms with Gasteiger partial charge in [0.2, 0.25) is 6.79 Å². The van der Waals surface area contributed by atoms with E-state index in [1.807, 2.05) is 14.0 Å². The number of hydrogen-bond donors (Lipinski definition) is 4. The molecule has 3 atom stereocenters. The maximum atomic E-state index is 13.7. The number of carbonyl (C=O) groups is 3. The van der Waals surface area contributed by atoms with Crippen molar-refractivity contribution < 1.29 is 38.8 Å². The van der Waals surface area contributed by atoms with Gasteiger partial charge in [-0.25, -0.2) is 9.59 Å². The molecule has 12 nitrogen and oxygen atoms in total. The topological polar surface area (TPSA) is 150 Å². The molecule has 0 radical (unpaired) electrons. The quantitative estimate of drug-likeness (QED) is 0.283. The van der Waals surface area contributed by atoms with Gasteiger partial charge in [0.25, 0.3) is 5.91 Å². The molecule has 3 aromatic carbocycles. The van der Waals surface area contributed by atoms with Crippen molar-refractivity contribution in [2.24, 2.45) is 5.92 Å². The maximum absolute atomic E-state index is 13.7. The zero-order valence-electron chi connectivity index (χ0n) is 24.8. The molecule has 2 aliphatic heterocycles. The van der Waals surface area contributed by atoms with Crippen LogP contribution in [-0.2, 0) is 6.54 Å². The molecule has 0 spiro atoms. The summed E-state index contributed by atoms with van der Waals surface area (Å²) in [5, 5.41) is 24.6. The molecule has 0 saturated carbocycles. The Balaban J connectivity index is 1.33. The first-order valence-electron chi connectivity index (χ1n) is 14.3. The van der Waals surface area contributed by atoms with Gasteiger partial charge in [0.15, 0.2) is 11.5 Å². The van der Waals surface area contributed by atoms with E-state index in [1.54, 1.807) is 72.5 Å². The summed E-state index contributed by atoms with van der Waals surface area (Å²) < 4.78 is 17.1. The number of ether oxygens (including phenoxy) is 3. The fourth-order valence-corrected chi connectivity index (χ4v) is 5.22. The van der Waals surface area contributed by atoms with Gasteiger partial charge >= 0.3 is 12.0 Å². The number of anilines is 2. The number of fused-ring (bicyclic) bond motifs is 2. The summed E-state index contributed by atoms with van der Waals surface area (Å²) in [5.41, 5.74) is 2.36. The summed E-state index contributed by atoms with van der Waals surface area (Å²) in [7, 11) is 1.95. The fourth-order valence-electron chi connectivity index (χ4n) is 5.22. The molecule has 0 aliphatic carbocycles. The minimum atomic E-state index is -0.972. The van der Waals surface area contributed by atoms with Gasteiger partial charge in [-0.15, -0.1) is 0 Å². The average molecular weight is 605 g/mol. The van der Waals surface area contributed by atoms with E-state index < -0.39 is 18.0 Å². The van der Waals surface area contributed by atoms with Crippen LogP contribution in [0.15, 0.2) is 60.7 Å². The van der Waals surface area contributed by atoms with Gasteiger partial charge in [-0.05, 0) is 62.0 Å². The lowest BCUT2D eigenvalue weighted by Crippen LogP contribution is -2.49. The number of amides is 3. The summed E-state index contributed by atoms with van der Waals surface area (Å²) in [5.74, 6) is 0.158. The average Bonchev–Trinajstić information content (AvgIpc) is 3.47. The third-order valence-corrected chi connectivity index (χ3v) is 7.70. The van der Waals surface area contributed by atoms with Crippen molar-refractivity contribution in [3.8, 4) is 17.2 Å². The number of carbonyl (C=O) groups excluding carboxylic acids is 2. The predicted molar refractivity (Wildman–Crippen MR) is 163 cm³/mol. The van der Waals surface area contributed by atoms with Crippen LogP contribution < -0.4 is 24.8 Å². The molecule has 2 aliphatic rings. The number of urea groups is 1. The van der Waals surface area contributed by atoms with Gasteiger partial charge in [-0.1, -0.05) is 19.1 Å². The number of benzene rings is 3. The van der Waals surface area contributed by atoms with Crippen LogP contribution in [-0.4, -0.2) is 83.6 Å². The van der Waals surface area contributed by atoms with Crippen LogP contribution in [0.4, 0.5) is 16.2 Å². The third kappa shape index (κ3) is 7.04. The lowest BCUT2D eigenvalue weighted by Gasteiger charge is -2.38. The molecule has 5 rings (SSSR count). The molecule has 4 N–H and O–H groups in total. The second kappa shape index (κ2) is 13.2. The minimum Gasteiger partial charge on any atom is -0.488 e. The number of aliphatic hydroxyl groups is 1. The Morgan fingerprint density at radius 1 is 1.00 bits per heavy atom. The fraction of sp³-hybridized carbons (Fsp3) is 0.344. The Bertz CT molecular complexity index is 1530. The van der Waals surface area contributed by atoms with Crippen LogP contribution in [0.1, 0.15) is 40.1 Å². The number of aliphatic hydroxyl groups excluding tert-OH is 1. The van der Waals surface area contributed by atoms with Crippen molar-refractivity contribution in [3.05, 3.63) is 77.4 Å². The number of nitrogens with one attached hydrogen (secondary N) is 2. The molecule has 2 heterocycles. The molecular formula is C32H36N4O8. The maximum Gasteiger partial charge on any atom is 0.335 e. The summed E-state index contributed by atoms with van der Waals surface area (Å²) >= 11 is 0. The molecule has 12 heteroatoms. The lowest BCUT2D eigenvalue weighted by atomic mass is 9.99. The van der Waals surface area contributed by atoms with E-state index in [-0.39, 0.29) is 42.5 Å². The standard InChI is InChI=1S/C32H36N4O8/c1-19-14-36(20(2)17-37)30(38)25-12-23(33-32(41)34-24-9-11-27-28(13-24)43-18-42-27)8-10-26(25)44-29(19)16-35(3)15-21-4-6-22(7-5-21)31(39)40/h4-13,19-20,29,37H,14-18H2,1-3H3,(H,39,40)(H2,33,34,41)/t19-,20+,29+/m0/s1. The SMILES string of the molecule is C[C@H](CO)N1C[C@H](C)[C@@H](CN(C)Cc2ccc(C(=O)O)cc2)Oc2ccc(NC(=O)Nc3ccc4c(c3)OCO4)cc2C1=O. The molecule has 44 heavy (non-hydrogen) atoms. The molecule has 0 fully saturated rings. The first kappa shape index (κ1) is 30.6. The van der Waals surface area contributed by atoms with Crippen molar-refractivity contribution in [1.82, 2.24) is 9.80 Å². The molecule has 0 saturated heterocycles. The van der Waals surface area contributed by atoms with Crippen molar-refractivity contribution in [3.63, 3.8) is 0 Å². The number of hydrogen-bond acceptors (Lipinski definition) is 8. The van der Waals surface area contributed by atoms with Gasteiger partial charge in [-0.3, -0.25) is 9.69 Å². The van der Waals surface area contributed by atoms with E-state index in [4.69, 9.17) is 14.2 Å². The first-order valence-corrected chi connectivity index (χ1v) is 14.3. The Hall–Kier alpha value is -4.81. The van der Waals surface area contributed by atoms with E-state index in [2.05, 4.69) is 15.5 Å². The second-order valence-electron chi connectivity index (χ2n) is 11.2. The summed E-state index contributed by atoms with van der Waals surface area (Å²) in [6.07, 6.45) is -0.313. The lowest BCUT2D eigenvalue weighted by molar-refractivity contribution is 0.0341. The highest BCUT2D eigenvalue weighted by molar-refractivity contribution is 6.02. The van der Waals surface area contributed by atoms with Gasteiger partial charge in [0, 0.05) is 43.0 Å². The van der Waals surface area contributed by atoms with Crippen molar-refractivity contribution >= 4 is 29.3 Å². The van der Waals surface area contributed by atoms with E-state index in [0.29, 0.717) is 48.3 Å². The van der Waals surface area contributed by atoms with Crippen LogP contribution in [0.5, 0.6) is 17.2 Å². The van der Waals surface area contributed by atoms with Crippen LogP contribution in [0.2, 0.25) is 0 Å². The smallest absolute Gasteiger partial charge is 0.335 e. The first-order chi connectivity index (χ1) is 21.1. The predicted octanol–water partition coefficient (Wildman–Crippen LogP) is 4.11.